The molecule has 2 amide bonds. The van der Waals surface area contributed by atoms with Crippen LogP contribution < -0.4 is 5.32 Å². The van der Waals surface area contributed by atoms with Crippen LogP contribution in [0.4, 0.5) is 5.82 Å². The second-order valence-electron chi connectivity index (χ2n) is 10.4. The number of carbonyl (C=O) groups is 2. The summed E-state index contributed by atoms with van der Waals surface area (Å²) in [5, 5.41) is 7.45. The number of aromatic nitrogens is 2. The van der Waals surface area contributed by atoms with Gasteiger partial charge in [0.1, 0.15) is 11.8 Å². The zero-order valence-corrected chi connectivity index (χ0v) is 20.2. The van der Waals surface area contributed by atoms with Gasteiger partial charge in [-0.05, 0) is 51.9 Å². The predicted molar refractivity (Wildman–Crippen MR) is 125 cm³/mol. The van der Waals surface area contributed by atoms with E-state index in [1.807, 2.05) is 20.0 Å². The van der Waals surface area contributed by atoms with Crippen molar-refractivity contribution in [2.24, 2.45) is 5.92 Å². The first-order chi connectivity index (χ1) is 15.8. The molecule has 2 aliphatic carbocycles. The number of carbonyl (C=O) groups excluding carboxylic acids is 2. The molecular weight excluding hydrogens is 420 g/mol. The van der Waals surface area contributed by atoms with E-state index in [2.05, 4.69) is 10.4 Å². The molecule has 2 saturated carbocycles. The lowest BCUT2D eigenvalue weighted by molar-refractivity contribution is -0.134. The number of nitrogens with one attached hydrogen (secondary N) is 1. The molecule has 0 bridgehead atoms. The maximum absolute atomic E-state index is 13.4. The van der Waals surface area contributed by atoms with Crippen LogP contribution in [-0.4, -0.2) is 57.9 Å². The molecule has 8 nitrogen and oxygen atoms in total. The number of methoxy groups -OCH3 is 1. The molecule has 3 aliphatic rings. The van der Waals surface area contributed by atoms with E-state index >= 15 is 0 Å². The Morgan fingerprint density at radius 1 is 1.21 bits per heavy atom. The lowest BCUT2D eigenvalue weighted by atomic mass is 9.96. The van der Waals surface area contributed by atoms with Gasteiger partial charge in [-0.15, -0.1) is 0 Å². The first-order valence-corrected chi connectivity index (χ1v) is 12.4. The summed E-state index contributed by atoms with van der Waals surface area (Å²) in [7, 11) is 1.67. The van der Waals surface area contributed by atoms with Gasteiger partial charge in [0.2, 0.25) is 5.91 Å². The first kappa shape index (κ1) is 23.8. The number of hydrogen-bond acceptors (Lipinski definition) is 5. The zero-order valence-electron chi connectivity index (χ0n) is 20.2. The summed E-state index contributed by atoms with van der Waals surface area (Å²) in [4.78, 5) is 28.0. The zero-order chi connectivity index (χ0) is 23.4. The third-order valence-corrected chi connectivity index (χ3v) is 7.21. The smallest absolute Gasteiger partial charge is 0.251 e. The Hall–Kier alpha value is -2.35. The van der Waals surface area contributed by atoms with Gasteiger partial charge in [-0.25, -0.2) is 0 Å². The number of hydrogen-bond donors (Lipinski definition) is 1. The fraction of sp³-hybridized carbons (Fsp3) is 0.720. The molecule has 1 N–H and O–H groups in total. The first-order valence-electron chi connectivity index (χ1n) is 12.4. The van der Waals surface area contributed by atoms with E-state index in [0.717, 1.165) is 25.7 Å². The molecule has 1 aromatic rings. The molecule has 182 valence electrons. The lowest BCUT2D eigenvalue weighted by Crippen LogP contribution is -2.46. The van der Waals surface area contributed by atoms with Gasteiger partial charge in [-0.1, -0.05) is 25.7 Å². The van der Waals surface area contributed by atoms with Crippen LogP contribution in [0.1, 0.15) is 71.6 Å². The minimum absolute atomic E-state index is 0.131. The third kappa shape index (κ3) is 6.16. The molecule has 33 heavy (non-hydrogen) atoms. The van der Waals surface area contributed by atoms with Crippen molar-refractivity contribution in [1.29, 1.82) is 0 Å². The Balaban J connectivity index is 1.42. The highest BCUT2D eigenvalue weighted by Crippen LogP contribution is 2.32. The molecule has 4 rings (SSSR count). The van der Waals surface area contributed by atoms with Crippen LogP contribution in [0.15, 0.2) is 24.1 Å². The Labute approximate surface area is 196 Å². The van der Waals surface area contributed by atoms with Gasteiger partial charge >= 0.3 is 0 Å². The lowest BCUT2D eigenvalue weighted by Gasteiger charge is -2.29. The Kier molecular flexibility index (Phi) is 7.41. The third-order valence-electron chi connectivity index (χ3n) is 7.21. The normalized spacial score (nSPS) is 21.0. The molecule has 1 atom stereocenters. The van der Waals surface area contributed by atoms with E-state index in [4.69, 9.17) is 9.47 Å². The fourth-order valence-corrected chi connectivity index (χ4v) is 5.19. The predicted octanol–water partition coefficient (Wildman–Crippen LogP) is 3.88. The highest BCUT2D eigenvalue weighted by molar-refractivity contribution is 5.99. The molecule has 0 aromatic carbocycles. The van der Waals surface area contributed by atoms with Crippen molar-refractivity contribution < 1.29 is 19.1 Å². The average Bonchev–Trinajstić information content (AvgIpc) is 3.56. The maximum Gasteiger partial charge on any atom is 0.251 e. The summed E-state index contributed by atoms with van der Waals surface area (Å²) >= 11 is 0. The SMILES string of the molecule is COC(C)(C)Cn1ccc(NC(=O)[C@H](CC2CCCC2)N2CC(OC3CCCC3)=CC2=O)n1. The van der Waals surface area contributed by atoms with Crippen LogP contribution in [-0.2, 0) is 25.6 Å². The summed E-state index contributed by atoms with van der Waals surface area (Å²) in [6.45, 7) is 4.92. The van der Waals surface area contributed by atoms with Crippen molar-refractivity contribution in [3.8, 4) is 0 Å². The monoisotopic (exact) mass is 458 g/mol. The van der Waals surface area contributed by atoms with Gasteiger partial charge in [0, 0.05) is 25.4 Å². The average molecular weight is 459 g/mol. The summed E-state index contributed by atoms with van der Waals surface area (Å²) < 4.78 is 13.3. The van der Waals surface area contributed by atoms with Crippen molar-refractivity contribution in [2.45, 2.75) is 95.9 Å². The largest absolute Gasteiger partial charge is 0.493 e. The Bertz CT molecular complexity index is 866. The number of rotatable bonds is 10. The van der Waals surface area contributed by atoms with E-state index in [-0.39, 0.29) is 23.5 Å². The molecule has 8 heteroatoms. The second kappa shape index (κ2) is 10.3. The molecule has 0 spiro atoms. The second-order valence-corrected chi connectivity index (χ2v) is 10.4. The van der Waals surface area contributed by atoms with Crippen molar-refractivity contribution in [2.75, 3.05) is 19.0 Å². The van der Waals surface area contributed by atoms with Gasteiger partial charge in [-0.3, -0.25) is 14.3 Å². The minimum atomic E-state index is -0.526. The van der Waals surface area contributed by atoms with Gasteiger partial charge in [0.05, 0.1) is 24.8 Å². The van der Waals surface area contributed by atoms with Crippen molar-refractivity contribution >= 4 is 17.6 Å². The van der Waals surface area contributed by atoms with E-state index < -0.39 is 6.04 Å². The Morgan fingerprint density at radius 3 is 2.61 bits per heavy atom. The number of amides is 2. The van der Waals surface area contributed by atoms with Gasteiger partial charge in [0.15, 0.2) is 5.82 Å². The van der Waals surface area contributed by atoms with E-state index in [9.17, 15) is 9.59 Å². The molecule has 2 heterocycles. The summed E-state index contributed by atoms with van der Waals surface area (Å²) in [5.74, 6) is 1.34. The molecule has 0 saturated heterocycles. The van der Waals surface area contributed by atoms with Gasteiger partial charge in [-0.2, -0.15) is 5.10 Å². The van der Waals surface area contributed by atoms with Gasteiger partial charge < -0.3 is 19.7 Å². The molecule has 1 aromatic heterocycles. The summed E-state index contributed by atoms with van der Waals surface area (Å²) in [6.07, 6.45) is 13.4. The van der Waals surface area contributed by atoms with Crippen LogP contribution in [0.5, 0.6) is 0 Å². The molecule has 2 fully saturated rings. The number of nitrogens with zero attached hydrogens (tertiary/aromatic N) is 3. The highest BCUT2D eigenvalue weighted by atomic mass is 16.5. The molecule has 1 aliphatic heterocycles. The number of ether oxygens (including phenoxy) is 2. The number of anilines is 1. The quantitative estimate of drug-likeness (QED) is 0.575. The van der Waals surface area contributed by atoms with Crippen LogP contribution in [0.3, 0.4) is 0 Å². The van der Waals surface area contributed by atoms with Crippen LogP contribution in [0.2, 0.25) is 0 Å². The summed E-state index contributed by atoms with van der Waals surface area (Å²) in [6, 6.07) is 1.26. The van der Waals surface area contributed by atoms with Gasteiger partial charge in [0.25, 0.3) is 5.91 Å². The van der Waals surface area contributed by atoms with E-state index in [1.165, 1.54) is 25.7 Å². The van der Waals surface area contributed by atoms with Crippen molar-refractivity contribution in [1.82, 2.24) is 14.7 Å². The topological polar surface area (TPSA) is 85.7 Å². The molecular formula is C25H38N4O4. The minimum Gasteiger partial charge on any atom is -0.493 e. The fourth-order valence-electron chi connectivity index (χ4n) is 5.19. The highest BCUT2D eigenvalue weighted by Gasteiger charge is 2.37. The van der Waals surface area contributed by atoms with Crippen LogP contribution in [0.25, 0.3) is 0 Å². The van der Waals surface area contributed by atoms with Crippen LogP contribution >= 0.6 is 0 Å². The molecule has 0 radical (unpaired) electrons. The van der Waals surface area contributed by atoms with Crippen LogP contribution in [0, 0.1) is 5.92 Å². The summed E-state index contributed by atoms with van der Waals surface area (Å²) in [5.41, 5.74) is -0.359. The standard InChI is InChI=1S/C25H38N4O4/c1-25(2,32-3)17-28-13-12-22(27-28)26-24(31)21(14-18-8-4-5-9-18)29-16-20(15-23(29)30)33-19-10-6-7-11-19/h12-13,15,18-19,21H,4-11,14,16-17H2,1-3H3,(H,26,27,31)/t21-/m0/s1. The Morgan fingerprint density at radius 2 is 1.91 bits per heavy atom. The van der Waals surface area contributed by atoms with E-state index in [0.29, 0.717) is 37.0 Å². The maximum atomic E-state index is 13.4. The van der Waals surface area contributed by atoms with E-state index in [1.54, 1.807) is 28.8 Å². The van der Waals surface area contributed by atoms with Crippen molar-refractivity contribution in [3.63, 3.8) is 0 Å². The molecule has 0 unspecified atom stereocenters. The van der Waals surface area contributed by atoms with Crippen molar-refractivity contribution in [3.05, 3.63) is 24.1 Å².